The fourth-order valence-corrected chi connectivity index (χ4v) is 3.40. The van der Waals surface area contributed by atoms with Crippen LogP contribution < -0.4 is 15.5 Å². The Labute approximate surface area is 148 Å². The van der Waals surface area contributed by atoms with Crippen LogP contribution >= 0.6 is 0 Å². The van der Waals surface area contributed by atoms with Gasteiger partial charge in [0.1, 0.15) is 0 Å². The van der Waals surface area contributed by atoms with Gasteiger partial charge in [-0.3, -0.25) is 5.10 Å². The molecule has 3 N–H and O–H groups in total. The van der Waals surface area contributed by atoms with Gasteiger partial charge < -0.3 is 15.5 Å². The highest BCUT2D eigenvalue weighted by Crippen LogP contribution is 2.40. The monoisotopic (exact) mass is 339 g/mol. The van der Waals surface area contributed by atoms with Crippen molar-refractivity contribution in [3.05, 3.63) is 41.6 Å². The van der Waals surface area contributed by atoms with E-state index in [-0.39, 0.29) is 12.1 Å². The SMILES string of the molecule is Cc1ccccc1NC(=O)NC1CCN(c2cc(C3CC3)[nH]n2)CC1. The molecule has 0 atom stereocenters. The second-order valence-corrected chi connectivity index (χ2v) is 7.13. The molecule has 2 heterocycles. The molecular weight excluding hydrogens is 314 g/mol. The Bertz CT molecular complexity index is 744. The number of aromatic nitrogens is 2. The first-order valence-corrected chi connectivity index (χ1v) is 9.12. The van der Waals surface area contributed by atoms with Crippen LogP contribution in [0.5, 0.6) is 0 Å². The van der Waals surface area contributed by atoms with E-state index in [9.17, 15) is 4.79 Å². The number of rotatable bonds is 4. The second-order valence-electron chi connectivity index (χ2n) is 7.13. The molecule has 0 unspecified atom stereocenters. The van der Waals surface area contributed by atoms with Gasteiger partial charge in [0.2, 0.25) is 0 Å². The fourth-order valence-electron chi connectivity index (χ4n) is 3.40. The van der Waals surface area contributed by atoms with Crippen LogP contribution in [0.2, 0.25) is 0 Å². The molecule has 1 aliphatic carbocycles. The largest absolute Gasteiger partial charge is 0.355 e. The number of piperidine rings is 1. The lowest BCUT2D eigenvalue weighted by molar-refractivity contribution is 0.246. The molecule has 132 valence electrons. The third kappa shape index (κ3) is 3.78. The summed E-state index contributed by atoms with van der Waals surface area (Å²) in [5, 5.41) is 13.7. The molecule has 2 aliphatic rings. The number of carbonyl (C=O) groups excluding carboxylic acids is 1. The van der Waals surface area contributed by atoms with Gasteiger partial charge in [0.15, 0.2) is 5.82 Å². The first-order chi connectivity index (χ1) is 12.2. The second kappa shape index (κ2) is 6.78. The molecule has 0 bridgehead atoms. The maximum absolute atomic E-state index is 12.2. The lowest BCUT2D eigenvalue weighted by Gasteiger charge is -2.32. The highest BCUT2D eigenvalue weighted by Gasteiger charge is 2.27. The van der Waals surface area contributed by atoms with Gasteiger partial charge in [-0.15, -0.1) is 0 Å². The van der Waals surface area contributed by atoms with E-state index in [1.807, 2.05) is 31.2 Å². The summed E-state index contributed by atoms with van der Waals surface area (Å²) in [7, 11) is 0. The van der Waals surface area contributed by atoms with Crippen LogP contribution in [0.15, 0.2) is 30.3 Å². The standard InChI is InChI=1S/C19H25N5O/c1-13-4-2-3-5-16(13)21-19(25)20-15-8-10-24(11-9-15)18-12-17(22-23-18)14-6-7-14/h2-5,12,14-15H,6-11H2,1H3,(H,22,23)(H2,20,21,25). The molecule has 2 aromatic rings. The molecule has 2 amide bonds. The zero-order valence-electron chi connectivity index (χ0n) is 14.6. The number of aryl methyl sites for hydroxylation is 1. The van der Waals surface area contributed by atoms with Gasteiger partial charge in [-0.1, -0.05) is 18.2 Å². The van der Waals surface area contributed by atoms with E-state index in [0.717, 1.165) is 43.0 Å². The lowest BCUT2D eigenvalue weighted by atomic mass is 10.1. The van der Waals surface area contributed by atoms with Crippen LogP contribution in [0.4, 0.5) is 16.3 Å². The maximum Gasteiger partial charge on any atom is 0.319 e. The number of anilines is 2. The van der Waals surface area contributed by atoms with Crippen molar-refractivity contribution in [2.75, 3.05) is 23.3 Å². The van der Waals surface area contributed by atoms with E-state index >= 15 is 0 Å². The number of H-pyrrole nitrogens is 1. The van der Waals surface area contributed by atoms with E-state index < -0.39 is 0 Å². The van der Waals surface area contributed by atoms with Crippen molar-refractivity contribution in [3.8, 4) is 0 Å². The summed E-state index contributed by atoms with van der Waals surface area (Å²) in [6.07, 6.45) is 4.44. The zero-order valence-corrected chi connectivity index (χ0v) is 14.6. The highest BCUT2D eigenvalue weighted by molar-refractivity contribution is 5.90. The quantitative estimate of drug-likeness (QED) is 0.799. The number of hydrogen-bond donors (Lipinski definition) is 3. The Morgan fingerprint density at radius 3 is 2.68 bits per heavy atom. The summed E-state index contributed by atoms with van der Waals surface area (Å²) in [4.78, 5) is 14.5. The first kappa shape index (κ1) is 16.0. The predicted molar refractivity (Wildman–Crippen MR) is 99.1 cm³/mol. The molecule has 0 radical (unpaired) electrons. The summed E-state index contributed by atoms with van der Waals surface area (Å²) >= 11 is 0. The summed E-state index contributed by atoms with van der Waals surface area (Å²) in [5.74, 6) is 1.75. The Balaban J connectivity index is 1.26. The van der Waals surface area contributed by atoms with Gasteiger partial charge in [0, 0.05) is 42.5 Å². The van der Waals surface area contributed by atoms with Gasteiger partial charge in [-0.05, 0) is 44.2 Å². The molecule has 6 heteroatoms. The van der Waals surface area contributed by atoms with E-state index in [2.05, 4.69) is 31.8 Å². The Morgan fingerprint density at radius 1 is 1.20 bits per heavy atom. The molecule has 1 aliphatic heterocycles. The van der Waals surface area contributed by atoms with Crippen LogP contribution in [-0.4, -0.2) is 35.4 Å². The zero-order chi connectivity index (χ0) is 17.2. The van der Waals surface area contributed by atoms with Crippen LogP contribution in [0, 0.1) is 6.92 Å². The molecular formula is C19H25N5O. The first-order valence-electron chi connectivity index (χ1n) is 9.12. The number of nitrogens with one attached hydrogen (secondary N) is 3. The normalized spacial score (nSPS) is 18.2. The minimum absolute atomic E-state index is 0.122. The smallest absolute Gasteiger partial charge is 0.319 e. The number of amides is 2. The third-order valence-electron chi connectivity index (χ3n) is 5.15. The van der Waals surface area contributed by atoms with Crippen LogP contribution in [-0.2, 0) is 0 Å². The van der Waals surface area contributed by atoms with Crippen molar-refractivity contribution in [2.45, 2.75) is 44.6 Å². The fraction of sp³-hybridized carbons (Fsp3) is 0.474. The Hall–Kier alpha value is -2.50. The van der Waals surface area contributed by atoms with Gasteiger partial charge in [-0.2, -0.15) is 5.10 Å². The van der Waals surface area contributed by atoms with Gasteiger partial charge in [0.05, 0.1) is 0 Å². The lowest BCUT2D eigenvalue weighted by Crippen LogP contribution is -2.46. The number of nitrogens with zero attached hydrogens (tertiary/aromatic N) is 2. The van der Waals surface area contributed by atoms with Crippen molar-refractivity contribution in [2.24, 2.45) is 0 Å². The number of hydrogen-bond acceptors (Lipinski definition) is 3. The molecule has 1 saturated heterocycles. The van der Waals surface area contributed by atoms with Crippen molar-refractivity contribution in [3.63, 3.8) is 0 Å². The maximum atomic E-state index is 12.2. The number of carbonyl (C=O) groups is 1. The van der Waals surface area contributed by atoms with Crippen LogP contribution in [0.25, 0.3) is 0 Å². The Morgan fingerprint density at radius 2 is 1.96 bits per heavy atom. The third-order valence-corrected chi connectivity index (χ3v) is 5.15. The number of aromatic amines is 1. The van der Waals surface area contributed by atoms with Crippen molar-refractivity contribution in [1.29, 1.82) is 0 Å². The van der Waals surface area contributed by atoms with E-state index in [1.165, 1.54) is 18.5 Å². The summed E-state index contributed by atoms with van der Waals surface area (Å²) < 4.78 is 0. The molecule has 1 saturated carbocycles. The van der Waals surface area contributed by atoms with E-state index in [1.54, 1.807) is 0 Å². The molecule has 0 spiro atoms. The van der Waals surface area contributed by atoms with Gasteiger partial charge >= 0.3 is 6.03 Å². The summed E-state index contributed by atoms with van der Waals surface area (Å²) in [6, 6.07) is 10.1. The van der Waals surface area contributed by atoms with E-state index in [0.29, 0.717) is 5.92 Å². The number of urea groups is 1. The average molecular weight is 339 g/mol. The number of para-hydroxylation sites is 1. The summed E-state index contributed by atoms with van der Waals surface area (Å²) in [6.45, 7) is 3.84. The highest BCUT2D eigenvalue weighted by atomic mass is 16.2. The minimum Gasteiger partial charge on any atom is -0.355 e. The Kier molecular flexibility index (Phi) is 4.34. The molecule has 1 aromatic carbocycles. The average Bonchev–Trinajstić information content (AvgIpc) is 3.35. The van der Waals surface area contributed by atoms with E-state index in [4.69, 9.17) is 0 Å². The molecule has 1 aromatic heterocycles. The minimum atomic E-state index is -0.122. The van der Waals surface area contributed by atoms with Crippen LogP contribution in [0.1, 0.15) is 42.9 Å². The molecule has 6 nitrogen and oxygen atoms in total. The topological polar surface area (TPSA) is 73.1 Å². The van der Waals surface area contributed by atoms with Gasteiger partial charge in [-0.25, -0.2) is 4.79 Å². The summed E-state index contributed by atoms with van der Waals surface area (Å²) in [5.41, 5.74) is 3.20. The van der Waals surface area contributed by atoms with Crippen LogP contribution in [0.3, 0.4) is 0 Å². The number of benzene rings is 1. The van der Waals surface area contributed by atoms with Gasteiger partial charge in [0.25, 0.3) is 0 Å². The molecule has 25 heavy (non-hydrogen) atoms. The van der Waals surface area contributed by atoms with Crippen molar-refractivity contribution < 1.29 is 4.79 Å². The van der Waals surface area contributed by atoms with Crippen molar-refractivity contribution in [1.82, 2.24) is 15.5 Å². The predicted octanol–water partition coefficient (Wildman–Crippen LogP) is 3.39. The molecule has 2 fully saturated rings. The molecule has 4 rings (SSSR count). The van der Waals surface area contributed by atoms with Crippen molar-refractivity contribution >= 4 is 17.5 Å².